The lowest BCUT2D eigenvalue weighted by atomic mass is 10.1. The standard InChI is InChI=1S/C26H23FN8/c1-33-10-7-17-11-20(14-31-24(17)33)35-25(16-4-5-18(13-28)21(27)12-16)32-23-22(6-8-30-26(23)35)34-9-2-3-19(29)15-34/h4-8,10-12,14,19H,2-3,9,15,29H2,1H3/t19-/m1/s1. The molecule has 5 aromatic rings. The topological polar surface area (TPSA) is 102 Å². The maximum Gasteiger partial charge on any atom is 0.167 e. The number of hydrogen-bond acceptors (Lipinski definition) is 6. The Morgan fingerprint density at radius 2 is 2.03 bits per heavy atom. The smallest absolute Gasteiger partial charge is 0.167 e. The first-order chi connectivity index (χ1) is 17.0. The number of nitriles is 1. The molecular formula is C26H23FN8. The fraction of sp³-hybridized carbons (Fsp3) is 0.231. The second kappa shape index (κ2) is 8.18. The first kappa shape index (κ1) is 21.3. The molecule has 8 nitrogen and oxygen atoms in total. The average molecular weight is 467 g/mol. The molecule has 174 valence electrons. The second-order valence-electron chi connectivity index (χ2n) is 8.96. The van der Waals surface area contributed by atoms with Gasteiger partial charge in [-0.25, -0.2) is 19.3 Å². The van der Waals surface area contributed by atoms with Gasteiger partial charge in [0, 0.05) is 49.5 Å². The van der Waals surface area contributed by atoms with Gasteiger partial charge >= 0.3 is 0 Å². The van der Waals surface area contributed by atoms with Crippen LogP contribution in [0.15, 0.2) is 55.0 Å². The zero-order chi connectivity index (χ0) is 24.1. The SMILES string of the molecule is Cn1ccc2cc(-n3c(-c4ccc(C#N)c(F)c4)nc4c(N5CCC[C@@H](N)C5)ccnc43)cnc21. The highest BCUT2D eigenvalue weighted by Crippen LogP contribution is 2.34. The number of piperidine rings is 1. The highest BCUT2D eigenvalue weighted by molar-refractivity contribution is 5.91. The molecule has 0 saturated carbocycles. The van der Waals surface area contributed by atoms with Crippen molar-refractivity contribution >= 4 is 27.9 Å². The van der Waals surface area contributed by atoms with E-state index in [2.05, 4.69) is 14.9 Å². The Labute approximate surface area is 201 Å². The van der Waals surface area contributed by atoms with E-state index in [0.717, 1.165) is 53.9 Å². The third kappa shape index (κ3) is 3.50. The van der Waals surface area contributed by atoms with Gasteiger partial charge in [-0.05, 0) is 49.2 Å². The molecular weight excluding hydrogens is 443 g/mol. The number of imidazole rings is 1. The van der Waals surface area contributed by atoms with Gasteiger partial charge < -0.3 is 15.2 Å². The minimum absolute atomic E-state index is 0.00935. The summed E-state index contributed by atoms with van der Waals surface area (Å²) < 4.78 is 18.5. The molecule has 0 amide bonds. The maximum absolute atomic E-state index is 14.6. The minimum Gasteiger partial charge on any atom is -0.368 e. The number of rotatable bonds is 3. The Balaban J connectivity index is 1.61. The predicted molar refractivity (Wildman–Crippen MR) is 133 cm³/mol. The normalized spacial score (nSPS) is 16.2. The van der Waals surface area contributed by atoms with Crippen molar-refractivity contribution in [2.24, 2.45) is 12.8 Å². The molecule has 35 heavy (non-hydrogen) atoms. The van der Waals surface area contributed by atoms with Crippen LogP contribution in [0.25, 0.3) is 39.3 Å². The molecule has 1 saturated heterocycles. The highest BCUT2D eigenvalue weighted by Gasteiger charge is 2.24. The Bertz CT molecular complexity index is 1630. The lowest BCUT2D eigenvalue weighted by molar-refractivity contribution is 0.507. The zero-order valence-corrected chi connectivity index (χ0v) is 19.2. The third-order valence-electron chi connectivity index (χ3n) is 6.62. The predicted octanol–water partition coefficient (Wildman–Crippen LogP) is 3.91. The molecule has 4 aromatic heterocycles. The quantitative estimate of drug-likeness (QED) is 0.433. The number of aryl methyl sites for hydroxylation is 1. The summed E-state index contributed by atoms with van der Waals surface area (Å²) in [5.41, 5.74) is 10.8. The first-order valence-corrected chi connectivity index (χ1v) is 11.5. The molecule has 1 aliphatic heterocycles. The Morgan fingerprint density at radius 3 is 2.83 bits per heavy atom. The van der Waals surface area contributed by atoms with E-state index in [1.165, 1.54) is 12.1 Å². The van der Waals surface area contributed by atoms with Crippen molar-refractivity contribution in [3.8, 4) is 23.1 Å². The van der Waals surface area contributed by atoms with Crippen LogP contribution in [0, 0.1) is 17.1 Å². The molecule has 1 fully saturated rings. The molecule has 0 bridgehead atoms. The third-order valence-corrected chi connectivity index (χ3v) is 6.62. The molecule has 6 rings (SSSR count). The van der Waals surface area contributed by atoms with Crippen LogP contribution in [0.2, 0.25) is 0 Å². The fourth-order valence-corrected chi connectivity index (χ4v) is 4.89. The molecule has 2 N–H and O–H groups in total. The summed E-state index contributed by atoms with van der Waals surface area (Å²) in [6, 6.07) is 12.5. The molecule has 5 heterocycles. The number of anilines is 1. The number of benzene rings is 1. The van der Waals surface area contributed by atoms with Gasteiger partial charge in [0.05, 0.1) is 23.1 Å². The summed E-state index contributed by atoms with van der Waals surface area (Å²) in [5.74, 6) is -0.0582. The van der Waals surface area contributed by atoms with Crippen molar-refractivity contribution in [3.63, 3.8) is 0 Å². The number of halogens is 1. The summed E-state index contributed by atoms with van der Waals surface area (Å²) in [6.45, 7) is 1.63. The van der Waals surface area contributed by atoms with E-state index in [-0.39, 0.29) is 11.6 Å². The van der Waals surface area contributed by atoms with E-state index >= 15 is 0 Å². The number of fused-ring (bicyclic) bond motifs is 2. The summed E-state index contributed by atoms with van der Waals surface area (Å²) in [6.07, 6.45) is 7.51. The van der Waals surface area contributed by atoms with E-state index in [9.17, 15) is 9.65 Å². The van der Waals surface area contributed by atoms with Crippen molar-refractivity contribution in [1.29, 1.82) is 5.26 Å². The monoisotopic (exact) mass is 466 g/mol. The van der Waals surface area contributed by atoms with Gasteiger partial charge in [0.2, 0.25) is 0 Å². The highest BCUT2D eigenvalue weighted by atomic mass is 19.1. The number of pyridine rings is 2. The molecule has 1 atom stereocenters. The van der Waals surface area contributed by atoms with Gasteiger partial charge in [-0.1, -0.05) is 0 Å². The van der Waals surface area contributed by atoms with Crippen LogP contribution in [0.4, 0.5) is 10.1 Å². The number of hydrogen-bond donors (Lipinski definition) is 1. The van der Waals surface area contributed by atoms with Crippen LogP contribution >= 0.6 is 0 Å². The molecule has 0 radical (unpaired) electrons. The van der Waals surface area contributed by atoms with Crippen molar-refractivity contribution in [1.82, 2.24) is 24.1 Å². The van der Waals surface area contributed by atoms with E-state index in [4.69, 9.17) is 10.7 Å². The summed E-state index contributed by atoms with van der Waals surface area (Å²) in [7, 11) is 1.95. The number of nitrogens with two attached hydrogens (primary N) is 1. The summed E-state index contributed by atoms with van der Waals surface area (Å²) >= 11 is 0. The average Bonchev–Trinajstić information content (AvgIpc) is 3.44. The summed E-state index contributed by atoms with van der Waals surface area (Å²) in [5, 5.41) is 10.2. The van der Waals surface area contributed by atoms with Gasteiger partial charge in [0.1, 0.15) is 28.9 Å². The molecule has 0 aliphatic carbocycles. The fourth-order valence-electron chi connectivity index (χ4n) is 4.89. The number of aromatic nitrogens is 5. The number of nitrogens with zero attached hydrogens (tertiary/aromatic N) is 7. The van der Waals surface area contributed by atoms with Crippen molar-refractivity contribution < 1.29 is 4.39 Å². The maximum atomic E-state index is 14.6. The van der Waals surface area contributed by atoms with Crippen LogP contribution in [0.5, 0.6) is 0 Å². The van der Waals surface area contributed by atoms with E-state index < -0.39 is 5.82 Å². The van der Waals surface area contributed by atoms with Crippen molar-refractivity contribution in [2.75, 3.05) is 18.0 Å². The lowest BCUT2D eigenvalue weighted by Gasteiger charge is -2.32. The van der Waals surface area contributed by atoms with E-state index in [1.807, 2.05) is 46.6 Å². The first-order valence-electron chi connectivity index (χ1n) is 11.5. The Morgan fingerprint density at radius 1 is 1.14 bits per heavy atom. The van der Waals surface area contributed by atoms with E-state index in [0.29, 0.717) is 17.0 Å². The molecule has 0 unspecified atom stereocenters. The zero-order valence-electron chi connectivity index (χ0n) is 19.2. The molecule has 0 spiro atoms. The molecule has 9 heteroatoms. The Kier molecular flexibility index (Phi) is 4.97. The van der Waals surface area contributed by atoms with Gasteiger partial charge in [-0.3, -0.25) is 4.57 Å². The van der Waals surface area contributed by atoms with E-state index in [1.54, 1.807) is 18.5 Å². The van der Waals surface area contributed by atoms with Gasteiger partial charge in [-0.15, -0.1) is 0 Å². The van der Waals surface area contributed by atoms with Gasteiger partial charge in [-0.2, -0.15) is 5.26 Å². The molecule has 1 aromatic carbocycles. The minimum atomic E-state index is -0.588. The van der Waals surface area contributed by atoms with Crippen LogP contribution < -0.4 is 10.6 Å². The van der Waals surface area contributed by atoms with Crippen LogP contribution in [0.1, 0.15) is 18.4 Å². The van der Waals surface area contributed by atoms with Crippen LogP contribution in [-0.2, 0) is 7.05 Å². The second-order valence-corrected chi connectivity index (χ2v) is 8.96. The van der Waals surface area contributed by atoms with Crippen molar-refractivity contribution in [3.05, 3.63) is 66.4 Å². The lowest BCUT2D eigenvalue weighted by Crippen LogP contribution is -2.42. The van der Waals surface area contributed by atoms with Crippen LogP contribution in [0.3, 0.4) is 0 Å². The summed E-state index contributed by atoms with van der Waals surface area (Å²) in [4.78, 5) is 16.6. The van der Waals surface area contributed by atoms with Gasteiger partial charge in [0.15, 0.2) is 5.65 Å². The Hall–Kier alpha value is -4.29. The van der Waals surface area contributed by atoms with Crippen LogP contribution in [-0.4, -0.2) is 43.2 Å². The van der Waals surface area contributed by atoms with Gasteiger partial charge in [0.25, 0.3) is 0 Å². The molecule has 1 aliphatic rings. The largest absolute Gasteiger partial charge is 0.368 e. The van der Waals surface area contributed by atoms with Crippen molar-refractivity contribution in [2.45, 2.75) is 18.9 Å².